The molecule has 0 saturated carbocycles. The van der Waals surface area contributed by atoms with E-state index in [1.807, 2.05) is 30.3 Å². The van der Waals surface area contributed by atoms with Gasteiger partial charge in [-0.25, -0.2) is 18.7 Å². The molecule has 1 aromatic heterocycles. The molecule has 4 rings (SSSR count). The van der Waals surface area contributed by atoms with E-state index < -0.39 is 12.7 Å². The summed E-state index contributed by atoms with van der Waals surface area (Å²) in [5.41, 5.74) is 1.23. The van der Waals surface area contributed by atoms with Gasteiger partial charge in [-0.1, -0.05) is 47.2 Å². The third-order valence-corrected chi connectivity index (χ3v) is 5.38. The second-order valence-electron chi connectivity index (χ2n) is 5.92. The number of thioether (sulfide) groups is 1. The van der Waals surface area contributed by atoms with Gasteiger partial charge in [0.25, 0.3) is 6.43 Å². The van der Waals surface area contributed by atoms with Crippen molar-refractivity contribution in [3.8, 4) is 11.3 Å². The number of oxime groups is 1. The Morgan fingerprint density at radius 2 is 2.04 bits per heavy atom. The highest BCUT2D eigenvalue weighted by atomic mass is 32.2. The van der Waals surface area contributed by atoms with Crippen molar-refractivity contribution in [2.75, 3.05) is 6.61 Å². The molecule has 2 aromatic rings. The summed E-state index contributed by atoms with van der Waals surface area (Å²) in [4.78, 5) is 8.42. The predicted molar refractivity (Wildman–Crippen MR) is 90.5 cm³/mol. The molecule has 0 unspecified atom stereocenters. The molecule has 2 fully saturated rings. The summed E-state index contributed by atoms with van der Waals surface area (Å²) in [5.74, 6) is 0. The number of alkyl halides is 2. The minimum atomic E-state index is -2.70. The summed E-state index contributed by atoms with van der Waals surface area (Å²) in [7, 11) is 0. The lowest BCUT2D eigenvalue weighted by Gasteiger charge is -2.26. The summed E-state index contributed by atoms with van der Waals surface area (Å²) in [5, 5.41) is 12.4. The van der Waals surface area contributed by atoms with E-state index in [-0.39, 0.29) is 22.2 Å². The maximum Gasteiger partial charge on any atom is 0.280 e. The fourth-order valence-electron chi connectivity index (χ4n) is 2.93. The number of rotatable bonds is 4. The Hall–Kier alpha value is -2.10. The molecule has 2 aliphatic rings. The van der Waals surface area contributed by atoms with Gasteiger partial charge in [-0.15, -0.1) is 0 Å². The first-order chi connectivity index (χ1) is 12.6. The Kier molecular flexibility index (Phi) is 4.84. The maximum absolute atomic E-state index is 13.3. The van der Waals surface area contributed by atoms with Crippen molar-refractivity contribution in [3.05, 3.63) is 42.1 Å². The quantitative estimate of drug-likeness (QED) is 0.498. The number of hydrogen-bond acceptors (Lipinski definition) is 7. The molecule has 3 heterocycles. The van der Waals surface area contributed by atoms with Gasteiger partial charge in [0.1, 0.15) is 11.4 Å². The largest absolute Gasteiger partial charge is 0.411 e. The van der Waals surface area contributed by atoms with Crippen LogP contribution in [0.2, 0.25) is 0 Å². The number of ether oxygens (including phenoxy) is 2. The number of fused-ring (bicyclic) bond motifs is 2. The number of halogens is 2. The van der Waals surface area contributed by atoms with Crippen molar-refractivity contribution >= 4 is 17.5 Å². The third kappa shape index (κ3) is 3.42. The Morgan fingerprint density at radius 3 is 2.77 bits per heavy atom. The lowest BCUT2D eigenvalue weighted by molar-refractivity contribution is -0.0169. The highest BCUT2D eigenvalue weighted by Gasteiger charge is 2.43. The van der Waals surface area contributed by atoms with Crippen LogP contribution in [0.15, 0.2) is 46.7 Å². The molecule has 6 nitrogen and oxygen atoms in total. The van der Waals surface area contributed by atoms with E-state index in [1.54, 1.807) is 0 Å². The standard InChI is InChI=1S/C17H15F2N3O3S/c18-15(19)11-6-10(9-4-2-1-3-5-9)20-17(21-11)26-14-7-12(22-23)16-24-8-13(14)25-16/h1-6,13-16,23H,7-8H2/b22-12+/t13-,14+,16+/m0/s1. The van der Waals surface area contributed by atoms with Crippen LogP contribution in [-0.2, 0) is 9.47 Å². The fourth-order valence-corrected chi connectivity index (χ4v) is 4.06. The molecule has 136 valence electrons. The van der Waals surface area contributed by atoms with Crippen LogP contribution < -0.4 is 0 Å². The average molecular weight is 379 g/mol. The minimum Gasteiger partial charge on any atom is -0.411 e. The van der Waals surface area contributed by atoms with Gasteiger partial charge in [0.2, 0.25) is 6.29 Å². The van der Waals surface area contributed by atoms with Crippen molar-refractivity contribution in [2.24, 2.45) is 5.16 Å². The van der Waals surface area contributed by atoms with E-state index in [0.717, 1.165) is 5.56 Å². The van der Waals surface area contributed by atoms with Gasteiger partial charge < -0.3 is 14.7 Å². The summed E-state index contributed by atoms with van der Waals surface area (Å²) in [6.45, 7) is 0.349. The third-order valence-electron chi connectivity index (χ3n) is 4.21. The molecule has 9 heteroatoms. The van der Waals surface area contributed by atoms with Gasteiger partial charge in [0.15, 0.2) is 5.16 Å². The van der Waals surface area contributed by atoms with E-state index in [1.165, 1.54) is 17.8 Å². The lowest BCUT2D eigenvalue weighted by Crippen LogP contribution is -2.37. The summed E-state index contributed by atoms with van der Waals surface area (Å²) in [6.07, 6.45) is -3.14. The van der Waals surface area contributed by atoms with Crippen molar-refractivity contribution < 1.29 is 23.5 Å². The zero-order valence-corrected chi connectivity index (χ0v) is 14.3. The van der Waals surface area contributed by atoms with E-state index in [4.69, 9.17) is 14.7 Å². The highest BCUT2D eigenvalue weighted by molar-refractivity contribution is 7.99. The zero-order valence-electron chi connectivity index (χ0n) is 13.5. The van der Waals surface area contributed by atoms with Gasteiger partial charge in [0.05, 0.1) is 18.4 Å². The zero-order chi connectivity index (χ0) is 18.1. The first kappa shape index (κ1) is 17.3. The van der Waals surface area contributed by atoms with Gasteiger partial charge in [0, 0.05) is 17.2 Å². The van der Waals surface area contributed by atoms with Crippen molar-refractivity contribution in [3.63, 3.8) is 0 Å². The molecule has 26 heavy (non-hydrogen) atoms. The number of nitrogens with zero attached hydrogens (tertiary/aromatic N) is 3. The number of hydrogen-bond donors (Lipinski definition) is 1. The van der Waals surface area contributed by atoms with Crippen LogP contribution in [0.3, 0.4) is 0 Å². The molecule has 2 aliphatic heterocycles. The van der Waals surface area contributed by atoms with Crippen LogP contribution in [0.4, 0.5) is 8.78 Å². The molecule has 0 spiro atoms. The van der Waals surface area contributed by atoms with Gasteiger partial charge in [-0.05, 0) is 6.07 Å². The monoisotopic (exact) mass is 379 g/mol. The Morgan fingerprint density at radius 1 is 1.23 bits per heavy atom. The van der Waals surface area contributed by atoms with Crippen LogP contribution in [0.5, 0.6) is 0 Å². The van der Waals surface area contributed by atoms with Gasteiger partial charge >= 0.3 is 0 Å². The van der Waals surface area contributed by atoms with E-state index in [9.17, 15) is 8.78 Å². The summed E-state index contributed by atoms with van der Waals surface area (Å²) < 4.78 is 37.6. The molecule has 2 saturated heterocycles. The summed E-state index contributed by atoms with van der Waals surface area (Å²) >= 11 is 1.23. The van der Waals surface area contributed by atoms with Crippen LogP contribution in [-0.4, -0.2) is 45.1 Å². The van der Waals surface area contributed by atoms with Crippen LogP contribution in [0.1, 0.15) is 18.5 Å². The van der Waals surface area contributed by atoms with Crippen LogP contribution >= 0.6 is 11.8 Å². The molecular formula is C17H15F2N3O3S. The average Bonchev–Trinajstić information content (AvgIpc) is 3.09. The predicted octanol–water partition coefficient (Wildman–Crippen LogP) is 3.52. The number of aromatic nitrogens is 2. The fraction of sp³-hybridized carbons (Fsp3) is 0.353. The van der Waals surface area contributed by atoms with Crippen LogP contribution in [0, 0.1) is 0 Å². The topological polar surface area (TPSA) is 76.8 Å². The normalized spacial score (nSPS) is 26.6. The molecule has 2 bridgehead atoms. The number of benzene rings is 1. The Bertz CT molecular complexity index is 822. The smallest absolute Gasteiger partial charge is 0.280 e. The lowest BCUT2D eigenvalue weighted by atomic mass is 10.1. The van der Waals surface area contributed by atoms with Crippen molar-refractivity contribution in [1.29, 1.82) is 0 Å². The molecule has 1 N–H and O–H groups in total. The van der Waals surface area contributed by atoms with Gasteiger partial charge in [-0.3, -0.25) is 0 Å². The highest BCUT2D eigenvalue weighted by Crippen LogP contribution is 2.37. The maximum atomic E-state index is 13.3. The molecule has 1 aromatic carbocycles. The molecule has 0 aliphatic carbocycles. The second-order valence-corrected chi connectivity index (χ2v) is 7.13. The second kappa shape index (κ2) is 7.26. The van der Waals surface area contributed by atoms with Gasteiger partial charge in [-0.2, -0.15) is 0 Å². The Labute approximate surface area is 152 Å². The van der Waals surface area contributed by atoms with Crippen LogP contribution in [0.25, 0.3) is 11.3 Å². The SMILES string of the molecule is O/N=C1\C[C@@H](Sc2nc(-c3ccccc3)cc(C(F)F)n2)[C@@H]2CO[C@@H]1O2. The van der Waals surface area contributed by atoms with E-state index in [0.29, 0.717) is 24.4 Å². The molecule has 0 amide bonds. The first-order valence-electron chi connectivity index (χ1n) is 8.01. The van der Waals surface area contributed by atoms with E-state index >= 15 is 0 Å². The first-order valence-corrected chi connectivity index (χ1v) is 8.89. The summed E-state index contributed by atoms with van der Waals surface area (Å²) in [6, 6.07) is 10.4. The molecular weight excluding hydrogens is 364 g/mol. The minimum absolute atomic E-state index is 0.184. The van der Waals surface area contributed by atoms with Crippen molar-refractivity contribution in [2.45, 2.75) is 35.6 Å². The molecule has 0 radical (unpaired) electrons. The van der Waals surface area contributed by atoms with E-state index in [2.05, 4.69) is 15.1 Å². The van der Waals surface area contributed by atoms with Crippen molar-refractivity contribution in [1.82, 2.24) is 9.97 Å². The molecule has 3 atom stereocenters. The Balaban J connectivity index is 1.64.